The third-order valence-electron chi connectivity index (χ3n) is 2.60. The number of carbonyl (C=O) groups is 1. The van der Waals surface area contributed by atoms with Crippen LogP contribution in [-0.4, -0.2) is 17.4 Å². The Labute approximate surface area is 126 Å². The number of nitriles is 1. The Morgan fingerprint density at radius 1 is 1.35 bits per heavy atom. The lowest BCUT2D eigenvalue weighted by Gasteiger charge is -2.20. The van der Waals surface area contributed by atoms with E-state index in [-0.39, 0.29) is 23.0 Å². The molecule has 20 heavy (non-hydrogen) atoms. The Morgan fingerprint density at radius 3 is 2.80 bits per heavy atom. The van der Waals surface area contributed by atoms with Crippen LogP contribution < -0.4 is 4.90 Å². The van der Waals surface area contributed by atoms with Gasteiger partial charge in [0.1, 0.15) is 6.54 Å². The molecule has 0 saturated carbocycles. The van der Waals surface area contributed by atoms with Gasteiger partial charge in [-0.3, -0.25) is 14.7 Å². The van der Waals surface area contributed by atoms with E-state index in [1.54, 1.807) is 24.3 Å². The van der Waals surface area contributed by atoms with Crippen LogP contribution in [-0.2, 0) is 0 Å². The molecule has 6 heteroatoms. The van der Waals surface area contributed by atoms with Crippen molar-refractivity contribution in [2.24, 2.45) is 0 Å². The van der Waals surface area contributed by atoms with Crippen LogP contribution in [0.1, 0.15) is 10.4 Å². The van der Waals surface area contributed by atoms with Crippen LogP contribution in [0.2, 0.25) is 10.0 Å². The SMILES string of the molecule is N#CCN(C(=O)c1ccncc1Cl)c1cccc(Cl)c1. The smallest absolute Gasteiger partial charge is 0.260 e. The lowest BCUT2D eigenvalue weighted by molar-refractivity contribution is 0.0990. The van der Waals surface area contributed by atoms with Crippen molar-refractivity contribution in [2.75, 3.05) is 11.4 Å². The fraction of sp³-hybridized carbons (Fsp3) is 0.0714. The maximum atomic E-state index is 12.5. The molecule has 0 aliphatic carbocycles. The summed E-state index contributed by atoms with van der Waals surface area (Å²) in [5.74, 6) is -0.374. The summed E-state index contributed by atoms with van der Waals surface area (Å²) >= 11 is 11.9. The van der Waals surface area contributed by atoms with Crippen LogP contribution in [0.4, 0.5) is 5.69 Å². The highest BCUT2D eigenvalue weighted by Crippen LogP contribution is 2.23. The third-order valence-corrected chi connectivity index (χ3v) is 3.13. The van der Waals surface area contributed by atoms with Gasteiger partial charge in [-0.1, -0.05) is 29.3 Å². The van der Waals surface area contributed by atoms with E-state index in [1.807, 2.05) is 6.07 Å². The van der Waals surface area contributed by atoms with Gasteiger partial charge in [-0.2, -0.15) is 5.26 Å². The van der Waals surface area contributed by atoms with Gasteiger partial charge in [-0.15, -0.1) is 0 Å². The van der Waals surface area contributed by atoms with Gasteiger partial charge in [-0.25, -0.2) is 0 Å². The van der Waals surface area contributed by atoms with Crippen molar-refractivity contribution in [1.29, 1.82) is 5.26 Å². The van der Waals surface area contributed by atoms with Crippen LogP contribution in [0, 0.1) is 11.3 Å². The Hall–Kier alpha value is -2.09. The highest BCUT2D eigenvalue weighted by Gasteiger charge is 2.20. The molecule has 0 bridgehead atoms. The lowest BCUT2D eigenvalue weighted by Crippen LogP contribution is -2.31. The van der Waals surface area contributed by atoms with Gasteiger partial charge in [0.15, 0.2) is 0 Å². The van der Waals surface area contributed by atoms with E-state index in [2.05, 4.69) is 4.98 Å². The summed E-state index contributed by atoms with van der Waals surface area (Å²) in [4.78, 5) is 17.6. The van der Waals surface area contributed by atoms with Crippen LogP contribution in [0.25, 0.3) is 0 Å². The maximum absolute atomic E-state index is 12.5. The van der Waals surface area contributed by atoms with Gasteiger partial charge < -0.3 is 0 Å². The molecule has 0 aliphatic rings. The number of benzene rings is 1. The molecule has 0 unspecified atom stereocenters. The molecule has 0 spiro atoms. The summed E-state index contributed by atoms with van der Waals surface area (Å²) in [5, 5.41) is 9.63. The van der Waals surface area contributed by atoms with Crippen LogP contribution >= 0.6 is 23.2 Å². The van der Waals surface area contributed by atoms with E-state index in [0.29, 0.717) is 10.7 Å². The molecule has 2 aromatic rings. The van der Waals surface area contributed by atoms with E-state index >= 15 is 0 Å². The molecule has 4 nitrogen and oxygen atoms in total. The van der Waals surface area contributed by atoms with Crippen molar-refractivity contribution in [3.63, 3.8) is 0 Å². The highest BCUT2D eigenvalue weighted by molar-refractivity contribution is 6.34. The zero-order valence-corrected chi connectivity index (χ0v) is 11.8. The van der Waals surface area contributed by atoms with E-state index in [1.165, 1.54) is 23.4 Å². The van der Waals surface area contributed by atoms with E-state index in [4.69, 9.17) is 28.5 Å². The second kappa shape index (κ2) is 6.38. The van der Waals surface area contributed by atoms with Crippen molar-refractivity contribution in [3.05, 3.63) is 58.3 Å². The van der Waals surface area contributed by atoms with Gasteiger partial charge in [0.2, 0.25) is 0 Å². The summed E-state index contributed by atoms with van der Waals surface area (Å²) < 4.78 is 0. The minimum absolute atomic E-state index is 0.0994. The van der Waals surface area contributed by atoms with Gasteiger partial charge in [0.05, 0.1) is 16.7 Å². The third kappa shape index (κ3) is 3.08. The first kappa shape index (κ1) is 14.3. The molecule has 0 fully saturated rings. The highest BCUT2D eigenvalue weighted by atomic mass is 35.5. The van der Waals surface area contributed by atoms with Crippen LogP contribution in [0.5, 0.6) is 0 Å². The molecule has 1 aromatic heterocycles. The Balaban J connectivity index is 2.42. The summed E-state index contributed by atoms with van der Waals surface area (Å²) in [6, 6.07) is 10.2. The van der Waals surface area contributed by atoms with Crippen molar-refractivity contribution in [1.82, 2.24) is 4.98 Å². The molecule has 0 atom stereocenters. The second-order valence-electron chi connectivity index (χ2n) is 3.88. The van der Waals surface area contributed by atoms with E-state index in [0.717, 1.165) is 0 Å². The first-order valence-corrected chi connectivity index (χ1v) is 6.43. The molecule has 0 aliphatic heterocycles. The van der Waals surface area contributed by atoms with E-state index < -0.39 is 0 Å². The zero-order chi connectivity index (χ0) is 14.5. The molecule has 1 heterocycles. The normalized spacial score (nSPS) is 9.85. The fourth-order valence-corrected chi connectivity index (χ4v) is 2.07. The quantitative estimate of drug-likeness (QED) is 0.815. The largest absolute Gasteiger partial charge is 0.294 e. The number of hydrogen-bond acceptors (Lipinski definition) is 3. The number of aromatic nitrogens is 1. The average Bonchev–Trinajstić information content (AvgIpc) is 2.44. The minimum atomic E-state index is -0.374. The monoisotopic (exact) mass is 305 g/mol. The number of pyridine rings is 1. The number of nitrogens with zero attached hydrogens (tertiary/aromatic N) is 3. The van der Waals surface area contributed by atoms with Crippen LogP contribution in [0.3, 0.4) is 0 Å². The van der Waals surface area contributed by atoms with Crippen LogP contribution in [0.15, 0.2) is 42.7 Å². The molecular weight excluding hydrogens is 297 g/mol. The number of amides is 1. The zero-order valence-electron chi connectivity index (χ0n) is 10.3. The number of carbonyl (C=O) groups excluding carboxylic acids is 1. The topological polar surface area (TPSA) is 57.0 Å². The van der Waals surface area contributed by atoms with Gasteiger partial charge >= 0.3 is 0 Å². The molecule has 0 saturated heterocycles. The number of rotatable bonds is 3. The molecular formula is C14H9Cl2N3O. The first-order chi connectivity index (χ1) is 9.63. The number of hydrogen-bond donors (Lipinski definition) is 0. The van der Waals surface area contributed by atoms with Crippen molar-refractivity contribution >= 4 is 34.8 Å². The Bertz CT molecular complexity index is 682. The molecule has 0 radical (unpaired) electrons. The molecule has 2 rings (SSSR count). The molecule has 1 amide bonds. The summed E-state index contributed by atoms with van der Waals surface area (Å²) in [6.45, 7) is -0.0994. The number of halogens is 2. The van der Waals surface area contributed by atoms with Gasteiger partial charge in [-0.05, 0) is 24.3 Å². The predicted octanol–water partition coefficient (Wildman–Crippen LogP) is 3.56. The summed E-state index contributed by atoms with van der Waals surface area (Å²) in [5.41, 5.74) is 0.828. The summed E-state index contributed by atoms with van der Waals surface area (Å²) in [7, 11) is 0. The number of anilines is 1. The maximum Gasteiger partial charge on any atom is 0.260 e. The minimum Gasteiger partial charge on any atom is -0.294 e. The Kier molecular flexibility index (Phi) is 4.57. The average molecular weight is 306 g/mol. The van der Waals surface area contributed by atoms with Gasteiger partial charge in [0, 0.05) is 23.1 Å². The molecule has 1 aromatic carbocycles. The molecule has 100 valence electrons. The van der Waals surface area contributed by atoms with Crippen molar-refractivity contribution in [2.45, 2.75) is 0 Å². The standard InChI is InChI=1S/C14H9Cl2N3O/c15-10-2-1-3-11(8-10)19(7-5-17)14(20)12-4-6-18-9-13(12)16/h1-4,6,8-9H,7H2. The first-order valence-electron chi connectivity index (χ1n) is 5.67. The van der Waals surface area contributed by atoms with Gasteiger partial charge in [0.25, 0.3) is 5.91 Å². The Morgan fingerprint density at radius 2 is 2.15 bits per heavy atom. The second-order valence-corrected chi connectivity index (χ2v) is 4.73. The summed E-state index contributed by atoms with van der Waals surface area (Å²) in [6.07, 6.45) is 2.86. The van der Waals surface area contributed by atoms with E-state index in [9.17, 15) is 4.79 Å². The fourth-order valence-electron chi connectivity index (χ4n) is 1.69. The van der Waals surface area contributed by atoms with Crippen molar-refractivity contribution in [3.8, 4) is 6.07 Å². The van der Waals surface area contributed by atoms with Crippen molar-refractivity contribution < 1.29 is 4.79 Å². The lowest BCUT2D eigenvalue weighted by atomic mass is 10.2. The predicted molar refractivity (Wildman–Crippen MR) is 78.0 cm³/mol. The molecule has 0 N–H and O–H groups in total.